The molecule has 0 spiro atoms. The molecule has 0 heterocycles. The Balaban J connectivity index is 1.99. The largest absolute Gasteiger partial charge is 0.495 e. The van der Waals surface area contributed by atoms with Gasteiger partial charge in [-0.15, -0.1) is 0 Å². The maximum Gasteiger partial charge on any atom is 0.319 e. The average molecular weight is 335 g/mol. The van der Waals surface area contributed by atoms with Gasteiger partial charge in [-0.3, -0.25) is 0 Å². The highest BCUT2D eigenvalue weighted by Crippen LogP contribution is 2.27. The molecule has 6 heteroatoms. The SMILES string of the molecule is COc1ccc(Cl)cc1NC(=O)NC(CO)Cc1ccccc1. The number of carbonyl (C=O) groups excluding carboxylic acids is 1. The molecule has 0 aliphatic carbocycles. The maximum absolute atomic E-state index is 12.1. The summed E-state index contributed by atoms with van der Waals surface area (Å²) in [5, 5.41) is 15.4. The lowest BCUT2D eigenvalue weighted by atomic mass is 10.1. The number of methoxy groups -OCH3 is 1. The first-order valence-corrected chi connectivity index (χ1v) is 7.56. The molecule has 0 bridgehead atoms. The molecule has 2 aromatic rings. The van der Waals surface area contributed by atoms with E-state index in [2.05, 4.69) is 10.6 Å². The van der Waals surface area contributed by atoms with E-state index in [-0.39, 0.29) is 12.6 Å². The number of amides is 2. The van der Waals surface area contributed by atoms with Crippen molar-refractivity contribution in [2.24, 2.45) is 0 Å². The van der Waals surface area contributed by atoms with Crippen molar-refractivity contribution in [3.8, 4) is 5.75 Å². The first-order chi connectivity index (χ1) is 11.1. The van der Waals surface area contributed by atoms with Crippen LogP contribution in [0.4, 0.5) is 10.5 Å². The molecule has 0 aliphatic heterocycles. The lowest BCUT2D eigenvalue weighted by Gasteiger charge is -2.18. The van der Waals surface area contributed by atoms with Crippen LogP contribution in [0.1, 0.15) is 5.56 Å². The van der Waals surface area contributed by atoms with E-state index in [0.29, 0.717) is 22.9 Å². The number of aliphatic hydroxyl groups is 1. The van der Waals surface area contributed by atoms with Gasteiger partial charge in [-0.2, -0.15) is 0 Å². The number of hydrogen-bond acceptors (Lipinski definition) is 3. The third-order valence-corrected chi connectivity index (χ3v) is 3.53. The molecule has 2 amide bonds. The number of urea groups is 1. The second-order valence-electron chi connectivity index (χ2n) is 5.01. The summed E-state index contributed by atoms with van der Waals surface area (Å²) in [6.45, 7) is -0.158. The molecule has 23 heavy (non-hydrogen) atoms. The fraction of sp³-hybridized carbons (Fsp3) is 0.235. The molecular weight excluding hydrogens is 316 g/mol. The molecule has 3 N–H and O–H groups in total. The third kappa shape index (κ3) is 5.16. The van der Waals surface area contributed by atoms with Gasteiger partial charge in [0.1, 0.15) is 5.75 Å². The first-order valence-electron chi connectivity index (χ1n) is 7.18. The molecule has 0 aromatic heterocycles. The van der Waals surface area contributed by atoms with Gasteiger partial charge >= 0.3 is 6.03 Å². The highest BCUT2D eigenvalue weighted by atomic mass is 35.5. The molecular formula is C17H19ClN2O3. The van der Waals surface area contributed by atoms with Crippen LogP contribution in [0.2, 0.25) is 5.02 Å². The molecule has 2 aromatic carbocycles. The predicted molar refractivity (Wildman–Crippen MR) is 91.2 cm³/mol. The summed E-state index contributed by atoms with van der Waals surface area (Å²) in [7, 11) is 1.51. The van der Waals surface area contributed by atoms with Gasteiger partial charge in [0.05, 0.1) is 25.4 Å². The van der Waals surface area contributed by atoms with E-state index in [9.17, 15) is 9.90 Å². The van der Waals surface area contributed by atoms with E-state index in [0.717, 1.165) is 5.56 Å². The molecule has 1 unspecified atom stereocenters. The van der Waals surface area contributed by atoms with Crippen LogP contribution < -0.4 is 15.4 Å². The van der Waals surface area contributed by atoms with E-state index in [1.807, 2.05) is 30.3 Å². The number of halogens is 1. The topological polar surface area (TPSA) is 70.6 Å². The Morgan fingerprint density at radius 1 is 1.26 bits per heavy atom. The number of aliphatic hydroxyl groups excluding tert-OH is 1. The van der Waals surface area contributed by atoms with Crippen molar-refractivity contribution in [3.63, 3.8) is 0 Å². The zero-order valence-electron chi connectivity index (χ0n) is 12.8. The first kappa shape index (κ1) is 17.1. The molecule has 1 atom stereocenters. The second kappa shape index (κ2) is 8.41. The Bertz CT molecular complexity index is 650. The third-order valence-electron chi connectivity index (χ3n) is 3.29. The van der Waals surface area contributed by atoms with E-state index in [1.54, 1.807) is 18.2 Å². The van der Waals surface area contributed by atoms with Crippen molar-refractivity contribution in [2.45, 2.75) is 12.5 Å². The molecule has 0 aliphatic rings. The van der Waals surface area contributed by atoms with Crippen LogP contribution in [0.15, 0.2) is 48.5 Å². The summed E-state index contributed by atoms with van der Waals surface area (Å²) in [5.74, 6) is 0.508. The summed E-state index contributed by atoms with van der Waals surface area (Å²) in [6, 6.07) is 13.8. The number of hydrogen-bond donors (Lipinski definition) is 3. The van der Waals surface area contributed by atoms with Crippen molar-refractivity contribution >= 4 is 23.3 Å². The van der Waals surface area contributed by atoms with Crippen molar-refractivity contribution in [1.82, 2.24) is 5.32 Å². The molecule has 5 nitrogen and oxygen atoms in total. The normalized spacial score (nSPS) is 11.6. The fourth-order valence-electron chi connectivity index (χ4n) is 2.18. The monoisotopic (exact) mass is 334 g/mol. The van der Waals surface area contributed by atoms with Gasteiger partial charge < -0.3 is 20.5 Å². The molecule has 0 saturated carbocycles. The lowest BCUT2D eigenvalue weighted by molar-refractivity contribution is 0.224. The Morgan fingerprint density at radius 2 is 2.00 bits per heavy atom. The Morgan fingerprint density at radius 3 is 2.65 bits per heavy atom. The maximum atomic E-state index is 12.1. The van der Waals surface area contributed by atoms with Gasteiger partial charge in [0.25, 0.3) is 0 Å². The predicted octanol–water partition coefficient (Wildman–Crippen LogP) is 3.07. The average Bonchev–Trinajstić information content (AvgIpc) is 2.55. The summed E-state index contributed by atoms with van der Waals surface area (Å²) >= 11 is 5.93. The minimum atomic E-state index is -0.430. The number of nitrogens with one attached hydrogen (secondary N) is 2. The summed E-state index contributed by atoms with van der Waals surface area (Å²) < 4.78 is 5.18. The van der Waals surface area contributed by atoms with Crippen LogP contribution in [0, 0.1) is 0 Å². The molecule has 0 fully saturated rings. The van der Waals surface area contributed by atoms with E-state index in [1.165, 1.54) is 7.11 Å². The van der Waals surface area contributed by atoms with Crippen LogP contribution in [0.5, 0.6) is 5.75 Å². The van der Waals surface area contributed by atoms with Gasteiger partial charge in [0.2, 0.25) is 0 Å². The Kier molecular flexibility index (Phi) is 6.26. The van der Waals surface area contributed by atoms with Crippen LogP contribution in [0.3, 0.4) is 0 Å². The fourth-order valence-corrected chi connectivity index (χ4v) is 2.35. The molecule has 122 valence electrons. The Hall–Kier alpha value is -2.24. The van der Waals surface area contributed by atoms with Crippen molar-refractivity contribution in [3.05, 3.63) is 59.1 Å². The standard InChI is InChI=1S/C17H19ClN2O3/c1-23-16-8-7-13(18)10-15(16)20-17(22)19-14(11-21)9-12-5-3-2-4-6-12/h2-8,10,14,21H,9,11H2,1H3,(H2,19,20,22). The van der Waals surface area contributed by atoms with Crippen LogP contribution in [-0.4, -0.2) is 30.9 Å². The summed E-state index contributed by atoms with van der Waals surface area (Å²) in [4.78, 5) is 12.1. The highest BCUT2D eigenvalue weighted by molar-refractivity contribution is 6.31. The number of carbonyl (C=O) groups is 1. The van der Waals surface area contributed by atoms with Gasteiger partial charge in [0, 0.05) is 5.02 Å². The number of anilines is 1. The van der Waals surface area contributed by atoms with Gasteiger partial charge in [-0.1, -0.05) is 41.9 Å². The van der Waals surface area contributed by atoms with E-state index in [4.69, 9.17) is 16.3 Å². The zero-order valence-corrected chi connectivity index (χ0v) is 13.5. The number of rotatable bonds is 6. The number of ether oxygens (including phenoxy) is 1. The van der Waals surface area contributed by atoms with E-state index >= 15 is 0 Å². The summed E-state index contributed by atoms with van der Waals surface area (Å²) in [5.41, 5.74) is 1.50. The van der Waals surface area contributed by atoms with Gasteiger partial charge in [-0.25, -0.2) is 4.79 Å². The van der Waals surface area contributed by atoms with Crippen molar-refractivity contribution in [2.75, 3.05) is 19.0 Å². The van der Waals surface area contributed by atoms with Crippen LogP contribution in [-0.2, 0) is 6.42 Å². The number of benzene rings is 2. The minimum Gasteiger partial charge on any atom is -0.495 e. The summed E-state index contributed by atoms with van der Waals surface area (Å²) in [6.07, 6.45) is 0.539. The van der Waals surface area contributed by atoms with Crippen molar-refractivity contribution < 1.29 is 14.6 Å². The quantitative estimate of drug-likeness (QED) is 0.760. The smallest absolute Gasteiger partial charge is 0.319 e. The molecule has 2 rings (SSSR count). The van der Waals surface area contributed by atoms with Crippen LogP contribution in [0.25, 0.3) is 0 Å². The van der Waals surface area contributed by atoms with Gasteiger partial charge in [0.15, 0.2) is 0 Å². The van der Waals surface area contributed by atoms with Crippen molar-refractivity contribution in [1.29, 1.82) is 0 Å². The Labute approximate surface area is 140 Å². The second-order valence-corrected chi connectivity index (χ2v) is 5.45. The lowest BCUT2D eigenvalue weighted by Crippen LogP contribution is -2.41. The van der Waals surface area contributed by atoms with E-state index < -0.39 is 6.03 Å². The highest BCUT2D eigenvalue weighted by Gasteiger charge is 2.14. The van der Waals surface area contributed by atoms with Gasteiger partial charge in [-0.05, 0) is 30.2 Å². The molecule has 0 radical (unpaired) electrons. The van der Waals surface area contributed by atoms with Crippen LogP contribution >= 0.6 is 11.6 Å². The zero-order chi connectivity index (χ0) is 16.7. The minimum absolute atomic E-state index is 0.158. The molecule has 0 saturated heterocycles.